The lowest BCUT2D eigenvalue weighted by Crippen LogP contribution is -2.37. The third-order valence-corrected chi connectivity index (χ3v) is 1.96. The van der Waals surface area contributed by atoms with E-state index in [1.54, 1.807) is 11.0 Å². The first-order chi connectivity index (χ1) is 7.11. The summed E-state index contributed by atoms with van der Waals surface area (Å²) in [7, 11) is 0. The number of carboxylic acids is 1. The van der Waals surface area contributed by atoms with Gasteiger partial charge in [-0.15, -0.1) is 6.58 Å². The number of carbonyl (C=O) groups is 2. The molecule has 0 aromatic carbocycles. The maximum absolute atomic E-state index is 10.7. The number of carbonyl (C=O) groups excluding carboxylic acids is 1. The van der Waals surface area contributed by atoms with Crippen LogP contribution < -0.4 is 5.32 Å². The Kier molecular flexibility index (Phi) is 4.11. The van der Waals surface area contributed by atoms with Crippen LogP contribution in [0.5, 0.6) is 0 Å². The largest absolute Gasteiger partial charge is 0.480 e. The zero-order valence-corrected chi connectivity index (χ0v) is 8.31. The van der Waals surface area contributed by atoms with Gasteiger partial charge in [-0.05, 0) is 0 Å². The van der Waals surface area contributed by atoms with Crippen molar-refractivity contribution in [2.75, 3.05) is 26.2 Å². The summed E-state index contributed by atoms with van der Waals surface area (Å²) in [6.45, 7) is 4.74. The highest BCUT2D eigenvalue weighted by Crippen LogP contribution is 2.03. The molecule has 0 spiro atoms. The second-order valence-corrected chi connectivity index (χ2v) is 3.28. The van der Waals surface area contributed by atoms with E-state index in [9.17, 15) is 9.59 Å². The van der Waals surface area contributed by atoms with Gasteiger partial charge in [0.2, 0.25) is 0 Å². The Morgan fingerprint density at radius 1 is 1.80 bits per heavy atom. The maximum Gasteiger partial charge on any atom is 0.407 e. The summed E-state index contributed by atoms with van der Waals surface area (Å²) in [5.41, 5.74) is 0. The zero-order chi connectivity index (χ0) is 11.3. The molecule has 84 valence electrons. The molecule has 1 unspecified atom stereocenters. The molecular formula is C9H14N2O4. The van der Waals surface area contributed by atoms with E-state index >= 15 is 0 Å². The number of carboxylic acid groups (broad SMARTS) is 1. The quantitative estimate of drug-likeness (QED) is 0.592. The number of aliphatic carboxylic acids is 1. The molecule has 2 N–H and O–H groups in total. The minimum atomic E-state index is -0.908. The fourth-order valence-electron chi connectivity index (χ4n) is 1.40. The fourth-order valence-corrected chi connectivity index (χ4v) is 1.40. The number of alkyl carbamates (subject to hydrolysis) is 1. The zero-order valence-electron chi connectivity index (χ0n) is 8.31. The average Bonchev–Trinajstić information content (AvgIpc) is 2.50. The van der Waals surface area contributed by atoms with Gasteiger partial charge >= 0.3 is 12.1 Å². The van der Waals surface area contributed by atoms with Gasteiger partial charge in [0.05, 0.1) is 13.1 Å². The standard InChI is InChI=1S/C9H14N2O4/c1-2-3-11(6-8(12)13)5-7-4-10-9(14)15-7/h2,7H,1,3-6H2,(H,10,14)(H,12,13). The van der Waals surface area contributed by atoms with E-state index in [1.165, 1.54) is 0 Å². The monoisotopic (exact) mass is 214 g/mol. The summed E-state index contributed by atoms with van der Waals surface area (Å²) >= 11 is 0. The number of nitrogens with zero attached hydrogens (tertiary/aromatic N) is 1. The molecule has 15 heavy (non-hydrogen) atoms. The second-order valence-electron chi connectivity index (χ2n) is 3.28. The van der Waals surface area contributed by atoms with Crippen molar-refractivity contribution in [1.82, 2.24) is 10.2 Å². The Morgan fingerprint density at radius 2 is 2.53 bits per heavy atom. The first kappa shape index (κ1) is 11.5. The van der Waals surface area contributed by atoms with Gasteiger partial charge in [0, 0.05) is 13.1 Å². The van der Waals surface area contributed by atoms with Crippen LogP contribution in [-0.4, -0.2) is 54.4 Å². The van der Waals surface area contributed by atoms with E-state index in [4.69, 9.17) is 9.84 Å². The topological polar surface area (TPSA) is 78.9 Å². The van der Waals surface area contributed by atoms with Crippen molar-refractivity contribution in [2.24, 2.45) is 0 Å². The lowest BCUT2D eigenvalue weighted by molar-refractivity contribution is -0.138. The molecule has 0 saturated carbocycles. The molecule has 1 fully saturated rings. The second kappa shape index (κ2) is 5.35. The lowest BCUT2D eigenvalue weighted by Gasteiger charge is -2.20. The third-order valence-electron chi connectivity index (χ3n) is 1.96. The predicted octanol–water partition coefficient (Wildman–Crippen LogP) is -0.333. The number of ether oxygens (including phenoxy) is 1. The van der Waals surface area contributed by atoms with E-state index in [0.717, 1.165) is 0 Å². The van der Waals surface area contributed by atoms with Crippen LogP contribution in [0.15, 0.2) is 12.7 Å². The van der Waals surface area contributed by atoms with E-state index in [0.29, 0.717) is 19.6 Å². The number of hydrogen-bond donors (Lipinski definition) is 2. The minimum Gasteiger partial charge on any atom is -0.480 e. The van der Waals surface area contributed by atoms with Crippen LogP contribution in [0.4, 0.5) is 4.79 Å². The smallest absolute Gasteiger partial charge is 0.407 e. The van der Waals surface area contributed by atoms with Crippen molar-refractivity contribution in [2.45, 2.75) is 6.10 Å². The van der Waals surface area contributed by atoms with E-state index < -0.39 is 12.1 Å². The summed E-state index contributed by atoms with van der Waals surface area (Å²) in [5, 5.41) is 11.1. The van der Waals surface area contributed by atoms with Crippen molar-refractivity contribution in [3.8, 4) is 0 Å². The van der Waals surface area contributed by atoms with E-state index in [1.807, 2.05) is 0 Å². The molecule has 0 aromatic heterocycles. The lowest BCUT2D eigenvalue weighted by atomic mass is 10.3. The van der Waals surface area contributed by atoms with Crippen LogP contribution in [-0.2, 0) is 9.53 Å². The van der Waals surface area contributed by atoms with Crippen LogP contribution in [0.3, 0.4) is 0 Å². The van der Waals surface area contributed by atoms with E-state index in [2.05, 4.69) is 11.9 Å². The van der Waals surface area contributed by atoms with Gasteiger partial charge in [-0.2, -0.15) is 0 Å². The van der Waals surface area contributed by atoms with Crippen LogP contribution in [0.2, 0.25) is 0 Å². The van der Waals surface area contributed by atoms with Gasteiger partial charge < -0.3 is 15.2 Å². The van der Waals surface area contributed by atoms with Crippen LogP contribution in [0, 0.1) is 0 Å². The number of cyclic esters (lactones) is 1. The molecule has 0 bridgehead atoms. The molecule has 0 aromatic rings. The molecule has 0 radical (unpaired) electrons. The van der Waals surface area contributed by atoms with E-state index in [-0.39, 0.29) is 12.6 Å². The highest BCUT2D eigenvalue weighted by atomic mass is 16.6. The summed E-state index contributed by atoms with van der Waals surface area (Å²) in [5.74, 6) is -0.908. The molecule has 1 aliphatic heterocycles. The first-order valence-corrected chi connectivity index (χ1v) is 4.61. The molecule has 1 atom stereocenters. The van der Waals surface area contributed by atoms with Gasteiger partial charge in [-0.3, -0.25) is 9.69 Å². The number of nitrogens with one attached hydrogen (secondary N) is 1. The summed E-state index contributed by atoms with van der Waals surface area (Å²) in [6.07, 6.45) is 0.887. The summed E-state index contributed by atoms with van der Waals surface area (Å²) in [6, 6.07) is 0. The fraction of sp³-hybridized carbons (Fsp3) is 0.556. The average molecular weight is 214 g/mol. The van der Waals surface area contributed by atoms with Gasteiger partial charge in [0.1, 0.15) is 6.10 Å². The van der Waals surface area contributed by atoms with Crippen molar-refractivity contribution in [3.05, 3.63) is 12.7 Å². The minimum absolute atomic E-state index is 0.0833. The van der Waals surface area contributed by atoms with Gasteiger partial charge in [0.15, 0.2) is 0 Å². The van der Waals surface area contributed by atoms with Crippen LogP contribution in [0.1, 0.15) is 0 Å². The maximum atomic E-state index is 10.7. The number of hydrogen-bond acceptors (Lipinski definition) is 4. The highest BCUT2D eigenvalue weighted by Gasteiger charge is 2.24. The number of amides is 1. The van der Waals surface area contributed by atoms with Gasteiger partial charge in [-0.1, -0.05) is 6.08 Å². The SMILES string of the molecule is C=CCN(CC(=O)O)CC1CNC(=O)O1. The molecule has 1 heterocycles. The summed E-state index contributed by atoms with van der Waals surface area (Å²) in [4.78, 5) is 22.9. The van der Waals surface area contributed by atoms with Crippen molar-refractivity contribution < 1.29 is 19.4 Å². The van der Waals surface area contributed by atoms with Crippen molar-refractivity contribution >= 4 is 12.1 Å². The Hall–Kier alpha value is -1.56. The van der Waals surface area contributed by atoms with Gasteiger partial charge in [-0.25, -0.2) is 4.79 Å². The summed E-state index contributed by atoms with van der Waals surface area (Å²) < 4.78 is 4.90. The molecule has 1 amide bonds. The first-order valence-electron chi connectivity index (χ1n) is 4.61. The number of rotatable bonds is 6. The highest BCUT2D eigenvalue weighted by molar-refractivity contribution is 5.70. The molecule has 1 aliphatic rings. The molecular weight excluding hydrogens is 200 g/mol. The molecule has 6 heteroatoms. The predicted molar refractivity (Wildman–Crippen MR) is 52.5 cm³/mol. The normalized spacial score (nSPS) is 19.8. The molecule has 0 aliphatic carbocycles. The Balaban J connectivity index is 2.39. The van der Waals surface area contributed by atoms with Crippen LogP contribution in [0.25, 0.3) is 0 Å². The molecule has 6 nitrogen and oxygen atoms in total. The van der Waals surface area contributed by atoms with Gasteiger partial charge in [0.25, 0.3) is 0 Å². The van der Waals surface area contributed by atoms with Crippen molar-refractivity contribution in [3.63, 3.8) is 0 Å². The molecule has 1 rings (SSSR count). The van der Waals surface area contributed by atoms with Crippen LogP contribution >= 0.6 is 0 Å². The Labute approximate surface area is 87.5 Å². The van der Waals surface area contributed by atoms with Crippen molar-refractivity contribution in [1.29, 1.82) is 0 Å². The Morgan fingerprint density at radius 3 is 3.00 bits per heavy atom. The molecule has 1 saturated heterocycles. The Bertz CT molecular complexity index is 267. The third kappa shape index (κ3) is 3.99.